The van der Waals surface area contributed by atoms with Gasteiger partial charge in [0.1, 0.15) is 14.6 Å². The first-order valence-electron chi connectivity index (χ1n) is 4.76. The second-order valence-electron chi connectivity index (χ2n) is 3.95. The number of hydrogen-bond donors (Lipinski definition) is 1. The fourth-order valence-corrected chi connectivity index (χ4v) is 4.70. The SMILES string of the molecule is CS(=O)(=O)C1(c2ncc(C(=O)O)s2)CCC1. The summed E-state index contributed by atoms with van der Waals surface area (Å²) in [6.45, 7) is 0. The van der Waals surface area contributed by atoms with Crippen molar-refractivity contribution in [2.75, 3.05) is 6.26 Å². The number of hydrogen-bond acceptors (Lipinski definition) is 5. The molecule has 0 amide bonds. The summed E-state index contributed by atoms with van der Waals surface area (Å²) in [6.07, 6.45) is 4.34. The van der Waals surface area contributed by atoms with Gasteiger partial charge in [0.25, 0.3) is 0 Å². The lowest BCUT2D eigenvalue weighted by Gasteiger charge is -2.37. The van der Waals surface area contributed by atoms with E-state index in [0.717, 1.165) is 17.8 Å². The van der Waals surface area contributed by atoms with Crippen LogP contribution in [0.15, 0.2) is 6.20 Å². The summed E-state index contributed by atoms with van der Waals surface area (Å²) in [7, 11) is -3.24. The van der Waals surface area contributed by atoms with E-state index in [0.29, 0.717) is 17.8 Å². The van der Waals surface area contributed by atoms with Gasteiger partial charge in [-0.05, 0) is 19.3 Å². The molecule has 1 saturated carbocycles. The first-order valence-corrected chi connectivity index (χ1v) is 7.47. The van der Waals surface area contributed by atoms with Crippen LogP contribution in [-0.4, -0.2) is 30.7 Å². The van der Waals surface area contributed by atoms with E-state index in [9.17, 15) is 13.2 Å². The minimum Gasteiger partial charge on any atom is -0.477 e. The first-order chi connectivity index (χ1) is 7.37. The molecule has 0 unspecified atom stereocenters. The Labute approximate surface area is 97.1 Å². The van der Waals surface area contributed by atoms with Gasteiger partial charge in [-0.1, -0.05) is 0 Å². The van der Waals surface area contributed by atoms with Crippen molar-refractivity contribution in [1.29, 1.82) is 0 Å². The summed E-state index contributed by atoms with van der Waals surface area (Å²) in [6, 6.07) is 0. The Kier molecular flexibility index (Phi) is 2.54. The van der Waals surface area contributed by atoms with Gasteiger partial charge < -0.3 is 5.11 Å². The van der Waals surface area contributed by atoms with Crippen LogP contribution in [0, 0.1) is 0 Å². The molecule has 2 rings (SSSR count). The summed E-state index contributed by atoms with van der Waals surface area (Å²) < 4.78 is 22.5. The summed E-state index contributed by atoms with van der Waals surface area (Å²) in [5.41, 5.74) is 0. The smallest absolute Gasteiger partial charge is 0.347 e. The van der Waals surface area contributed by atoms with Gasteiger partial charge in [0, 0.05) is 6.26 Å². The minimum absolute atomic E-state index is 0.0879. The normalized spacial score (nSPS) is 19.1. The minimum atomic E-state index is -3.24. The topological polar surface area (TPSA) is 84.3 Å². The van der Waals surface area contributed by atoms with Crippen LogP contribution in [0.1, 0.15) is 33.9 Å². The Morgan fingerprint density at radius 3 is 2.50 bits per heavy atom. The van der Waals surface area contributed by atoms with Crippen LogP contribution < -0.4 is 0 Å². The lowest BCUT2D eigenvalue weighted by atomic mass is 9.85. The number of carboxylic acids is 1. The van der Waals surface area contributed by atoms with Crippen molar-refractivity contribution in [2.45, 2.75) is 24.0 Å². The zero-order valence-electron chi connectivity index (χ0n) is 8.63. The van der Waals surface area contributed by atoms with Crippen LogP contribution >= 0.6 is 11.3 Å². The van der Waals surface area contributed by atoms with Gasteiger partial charge in [0.05, 0.1) is 6.20 Å². The maximum Gasteiger partial charge on any atom is 0.347 e. The van der Waals surface area contributed by atoms with Gasteiger partial charge in [0.2, 0.25) is 0 Å². The number of aromatic nitrogens is 1. The Morgan fingerprint density at radius 2 is 2.19 bits per heavy atom. The van der Waals surface area contributed by atoms with Crippen LogP contribution in [0.5, 0.6) is 0 Å². The molecule has 1 aromatic rings. The fourth-order valence-electron chi connectivity index (χ4n) is 1.82. The number of aromatic carboxylic acids is 1. The van der Waals surface area contributed by atoms with E-state index in [4.69, 9.17) is 5.11 Å². The molecule has 0 aromatic carbocycles. The van der Waals surface area contributed by atoms with E-state index < -0.39 is 20.6 Å². The zero-order chi connectivity index (χ0) is 12.0. The van der Waals surface area contributed by atoms with Crippen LogP contribution in [0.25, 0.3) is 0 Å². The van der Waals surface area contributed by atoms with Gasteiger partial charge >= 0.3 is 5.97 Å². The van der Waals surface area contributed by atoms with Crippen LogP contribution in [0.4, 0.5) is 0 Å². The molecule has 16 heavy (non-hydrogen) atoms. The number of sulfone groups is 1. The van der Waals surface area contributed by atoms with Crippen LogP contribution in [-0.2, 0) is 14.6 Å². The molecule has 0 aliphatic heterocycles. The molecule has 1 aromatic heterocycles. The number of carbonyl (C=O) groups is 1. The van der Waals surface area contributed by atoms with Gasteiger partial charge in [-0.3, -0.25) is 0 Å². The molecular weight excluding hydrogens is 250 g/mol. The predicted octanol–water partition coefficient (Wildman–Crippen LogP) is 1.27. The number of thiazole rings is 1. The van der Waals surface area contributed by atoms with Crippen molar-refractivity contribution in [2.24, 2.45) is 0 Å². The van der Waals surface area contributed by atoms with Crippen molar-refractivity contribution in [3.05, 3.63) is 16.1 Å². The molecule has 0 spiro atoms. The molecule has 0 atom stereocenters. The van der Waals surface area contributed by atoms with E-state index in [-0.39, 0.29) is 4.88 Å². The van der Waals surface area contributed by atoms with E-state index in [1.807, 2.05) is 0 Å². The second-order valence-corrected chi connectivity index (χ2v) is 7.31. The summed E-state index contributed by atoms with van der Waals surface area (Å²) >= 11 is 0.961. The number of carboxylic acid groups (broad SMARTS) is 1. The third-order valence-electron chi connectivity index (χ3n) is 2.98. The third kappa shape index (κ3) is 1.54. The molecule has 1 fully saturated rings. The number of nitrogens with zero attached hydrogens (tertiary/aromatic N) is 1. The molecule has 0 bridgehead atoms. The predicted molar refractivity (Wildman–Crippen MR) is 59.4 cm³/mol. The Morgan fingerprint density at radius 1 is 1.56 bits per heavy atom. The molecule has 0 radical (unpaired) electrons. The fraction of sp³-hybridized carbons (Fsp3) is 0.556. The lowest BCUT2D eigenvalue weighted by molar-refractivity contribution is 0.0702. The van der Waals surface area contributed by atoms with Gasteiger partial charge in [-0.25, -0.2) is 18.2 Å². The average molecular weight is 261 g/mol. The molecule has 0 saturated heterocycles. The highest BCUT2D eigenvalue weighted by Crippen LogP contribution is 2.48. The van der Waals surface area contributed by atoms with Crippen molar-refractivity contribution >= 4 is 27.1 Å². The molecule has 7 heteroatoms. The van der Waals surface area contributed by atoms with E-state index in [2.05, 4.69) is 4.98 Å². The average Bonchev–Trinajstić information content (AvgIpc) is 2.47. The van der Waals surface area contributed by atoms with E-state index >= 15 is 0 Å². The first kappa shape index (κ1) is 11.5. The summed E-state index contributed by atoms with van der Waals surface area (Å²) in [4.78, 5) is 14.8. The maximum absolute atomic E-state index is 11.7. The van der Waals surface area contributed by atoms with Crippen molar-refractivity contribution < 1.29 is 18.3 Å². The van der Waals surface area contributed by atoms with Gasteiger partial charge in [-0.15, -0.1) is 11.3 Å². The Balaban J connectivity index is 2.46. The monoisotopic (exact) mass is 261 g/mol. The Hall–Kier alpha value is -0.950. The highest BCUT2D eigenvalue weighted by Gasteiger charge is 2.50. The maximum atomic E-state index is 11.7. The highest BCUT2D eigenvalue weighted by atomic mass is 32.2. The second kappa shape index (κ2) is 3.53. The standard InChI is InChI=1S/C9H11NO4S2/c1-16(13,14)9(3-2-4-9)8-10-5-6(15-8)7(11)12/h5H,2-4H2,1H3,(H,11,12). The van der Waals surface area contributed by atoms with E-state index in [1.165, 1.54) is 12.5 Å². The molecule has 88 valence electrons. The van der Waals surface area contributed by atoms with Crippen molar-refractivity contribution in [1.82, 2.24) is 4.98 Å². The van der Waals surface area contributed by atoms with Gasteiger partial charge in [-0.2, -0.15) is 0 Å². The largest absolute Gasteiger partial charge is 0.477 e. The quantitative estimate of drug-likeness (QED) is 0.885. The summed E-state index contributed by atoms with van der Waals surface area (Å²) in [5, 5.41) is 9.19. The molecule has 5 nitrogen and oxygen atoms in total. The molecule has 1 aliphatic carbocycles. The summed E-state index contributed by atoms with van der Waals surface area (Å²) in [5.74, 6) is -1.06. The van der Waals surface area contributed by atoms with E-state index in [1.54, 1.807) is 0 Å². The molecule has 1 heterocycles. The van der Waals surface area contributed by atoms with Crippen LogP contribution in [0.3, 0.4) is 0 Å². The lowest BCUT2D eigenvalue weighted by Crippen LogP contribution is -2.41. The third-order valence-corrected chi connectivity index (χ3v) is 6.32. The molecule has 1 N–H and O–H groups in total. The molecule has 1 aliphatic rings. The highest BCUT2D eigenvalue weighted by molar-refractivity contribution is 7.91. The van der Waals surface area contributed by atoms with Crippen molar-refractivity contribution in [3.8, 4) is 0 Å². The van der Waals surface area contributed by atoms with Gasteiger partial charge in [0.15, 0.2) is 9.84 Å². The van der Waals surface area contributed by atoms with Crippen molar-refractivity contribution in [3.63, 3.8) is 0 Å². The number of rotatable bonds is 3. The Bertz CT molecular complexity index is 527. The van der Waals surface area contributed by atoms with Crippen LogP contribution in [0.2, 0.25) is 0 Å². The molecular formula is C9H11NO4S2. The zero-order valence-corrected chi connectivity index (χ0v) is 10.3.